The fourth-order valence-electron chi connectivity index (χ4n) is 3.67. The van der Waals surface area contributed by atoms with Gasteiger partial charge in [-0.3, -0.25) is 9.59 Å². The summed E-state index contributed by atoms with van der Waals surface area (Å²) in [6.07, 6.45) is 3.13. The summed E-state index contributed by atoms with van der Waals surface area (Å²) in [5.41, 5.74) is -0.696. The van der Waals surface area contributed by atoms with E-state index in [-0.39, 0.29) is 35.0 Å². The van der Waals surface area contributed by atoms with Gasteiger partial charge in [-0.1, -0.05) is 44.9 Å². The lowest BCUT2D eigenvalue weighted by atomic mass is 9.78. The maximum Gasteiger partial charge on any atom is 0.357 e. The Morgan fingerprint density at radius 2 is 1.92 bits per heavy atom. The normalized spacial score (nSPS) is 22.9. The fourth-order valence-corrected chi connectivity index (χ4v) is 3.67. The van der Waals surface area contributed by atoms with Gasteiger partial charge in [0, 0.05) is 11.4 Å². The highest BCUT2D eigenvalue weighted by Crippen LogP contribution is 2.29. The highest BCUT2D eigenvalue weighted by molar-refractivity contribution is 6.01. The Labute approximate surface area is 151 Å². The van der Waals surface area contributed by atoms with Crippen LogP contribution in [-0.2, 0) is 11.3 Å². The molecule has 3 atom stereocenters. The molecule has 0 unspecified atom stereocenters. The zero-order valence-electron chi connectivity index (χ0n) is 14.9. The van der Waals surface area contributed by atoms with E-state index in [4.69, 9.17) is 0 Å². The first kappa shape index (κ1) is 18.1. The standard InChI is InChI=1S/C19H23N3O4/c1-11-6-5-9-15(12(11)2)20-16(23)10-22-18(24)14-8-4-3-7-13(14)17(21-22)19(25)26/h3-4,7-8,11-12,15H,5-6,9-10H2,1-2H3,(H,20,23)(H,25,26)/t11-,12-,15-/m1/s1. The summed E-state index contributed by atoms with van der Waals surface area (Å²) in [4.78, 5) is 36.5. The number of rotatable bonds is 4. The van der Waals surface area contributed by atoms with E-state index in [1.54, 1.807) is 24.3 Å². The Balaban J connectivity index is 1.86. The second-order valence-corrected chi connectivity index (χ2v) is 7.10. The molecule has 0 saturated heterocycles. The number of carboxylic acids is 1. The zero-order chi connectivity index (χ0) is 18.8. The summed E-state index contributed by atoms with van der Waals surface area (Å²) in [5.74, 6) is -0.653. The minimum Gasteiger partial charge on any atom is -0.476 e. The number of nitrogens with one attached hydrogen (secondary N) is 1. The van der Waals surface area contributed by atoms with E-state index < -0.39 is 11.5 Å². The molecule has 1 amide bonds. The first-order valence-corrected chi connectivity index (χ1v) is 8.91. The van der Waals surface area contributed by atoms with Crippen molar-refractivity contribution < 1.29 is 14.7 Å². The number of carboxylic acid groups (broad SMARTS) is 1. The van der Waals surface area contributed by atoms with Crippen molar-refractivity contribution in [2.75, 3.05) is 0 Å². The van der Waals surface area contributed by atoms with E-state index in [1.165, 1.54) is 0 Å². The molecule has 7 heteroatoms. The summed E-state index contributed by atoms with van der Waals surface area (Å²) < 4.78 is 0.943. The molecule has 0 aliphatic heterocycles. The molecule has 0 bridgehead atoms. The number of carbonyl (C=O) groups excluding carboxylic acids is 1. The first-order valence-electron chi connectivity index (χ1n) is 8.91. The molecule has 26 heavy (non-hydrogen) atoms. The number of aromatic carboxylic acids is 1. The molecule has 1 aromatic heterocycles. The van der Waals surface area contributed by atoms with Gasteiger partial charge in [-0.25, -0.2) is 9.48 Å². The number of hydrogen-bond acceptors (Lipinski definition) is 4. The van der Waals surface area contributed by atoms with E-state index in [9.17, 15) is 19.5 Å². The first-order chi connectivity index (χ1) is 12.4. The van der Waals surface area contributed by atoms with Gasteiger partial charge in [-0.15, -0.1) is 0 Å². The van der Waals surface area contributed by atoms with Crippen LogP contribution in [0.3, 0.4) is 0 Å². The maximum atomic E-state index is 12.6. The molecule has 1 heterocycles. The predicted molar refractivity (Wildman–Crippen MR) is 97.1 cm³/mol. The van der Waals surface area contributed by atoms with Crippen LogP contribution >= 0.6 is 0 Å². The van der Waals surface area contributed by atoms with Gasteiger partial charge in [-0.2, -0.15) is 5.10 Å². The van der Waals surface area contributed by atoms with Crippen molar-refractivity contribution in [1.29, 1.82) is 0 Å². The van der Waals surface area contributed by atoms with Crippen molar-refractivity contribution in [2.45, 2.75) is 45.7 Å². The average molecular weight is 357 g/mol. The highest BCUT2D eigenvalue weighted by atomic mass is 16.4. The minimum absolute atomic E-state index is 0.0707. The number of fused-ring (bicyclic) bond motifs is 1. The molecule has 2 aromatic rings. The van der Waals surface area contributed by atoms with Crippen LogP contribution in [-0.4, -0.2) is 32.8 Å². The van der Waals surface area contributed by atoms with Gasteiger partial charge < -0.3 is 10.4 Å². The van der Waals surface area contributed by atoms with Crippen molar-refractivity contribution in [3.8, 4) is 0 Å². The Bertz CT molecular complexity index is 905. The third kappa shape index (κ3) is 3.47. The van der Waals surface area contributed by atoms with Crippen molar-refractivity contribution in [1.82, 2.24) is 15.1 Å². The molecule has 3 rings (SSSR count). The van der Waals surface area contributed by atoms with Gasteiger partial charge in [-0.05, 0) is 24.3 Å². The van der Waals surface area contributed by atoms with Crippen molar-refractivity contribution >= 4 is 22.6 Å². The van der Waals surface area contributed by atoms with E-state index in [0.717, 1.165) is 23.9 Å². The summed E-state index contributed by atoms with van der Waals surface area (Å²) in [5, 5.41) is 16.8. The number of hydrogen-bond donors (Lipinski definition) is 2. The lowest BCUT2D eigenvalue weighted by Crippen LogP contribution is -2.46. The highest BCUT2D eigenvalue weighted by Gasteiger charge is 2.28. The van der Waals surface area contributed by atoms with Gasteiger partial charge in [0.1, 0.15) is 6.54 Å². The molecule has 1 fully saturated rings. The minimum atomic E-state index is -1.23. The lowest BCUT2D eigenvalue weighted by Gasteiger charge is -2.34. The smallest absolute Gasteiger partial charge is 0.357 e. The third-order valence-electron chi connectivity index (χ3n) is 5.42. The Kier molecular flexibility index (Phi) is 5.06. The zero-order valence-corrected chi connectivity index (χ0v) is 14.9. The summed E-state index contributed by atoms with van der Waals surface area (Å²) in [6, 6.07) is 6.47. The molecule has 2 N–H and O–H groups in total. The quantitative estimate of drug-likeness (QED) is 0.872. The lowest BCUT2D eigenvalue weighted by molar-refractivity contribution is -0.123. The Morgan fingerprint density at radius 3 is 2.62 bits per heavy atom. The second kappa shape index (κ2) is 7.27. The Morgan fingerprint density at radius 1 is 1.23 bits per heavy atom. The predicted octanol–water partition coefficient (Wildman–Crippen LogP) is 2.04. The molecule has 0 radical (unpaired) electrons. The maximum absolute atomic E-state index is 12.6. The summed E-state index contributed by atoms with van der Waals surface area (Å²) in [7, 11) is 0. The average Bonchev–Trinajstić information content (AvgIpc) is 2.61. The topological polar surface area (TPSA) is 101 Å². The summed E-state index contributed by atoms with van der Waals surface area (Å²) in [6.45, 7) is 4.01. The van der Waals surface area contributed by atoms with Gasteiger partial charge >= 0.3 is 5.97 Å². The van der Waals surface area contributed by atoms with Gasteiger partial charge in [0.2, 0.25) is 5.91 Å². The van der Waals surface area contributed by atoms with Crippen molar-refractivity contribution in [3.63, 3.8) is 0 Å². The van der Waals surface area contributed by atoms with Crippen molar-refractivity contribution in [3.05, 3.63) is 40.3 Å². The van der Waals surface area contributed by atoms with Gasteiger partial charge in [0.05, 0.1) is 5.39 Å². The molecule has 0 spiro atoms. The molecule has 1 saturated carbocycles. The monoisotopic (exact) mass is 357 g/mol. The number of amides is 1. The van der Waals surface area contributed by atoms with Crippen LogP contribution in [0.5, 0.6) is 0 Å². The van der Waals surface area contributed by atoms with Crippen LogP contribution in [0.4, 0.5) is 0 Å². The molecule has 138 valence electrons. The van der Waals surface area contributed by atoms with Gasteiger partial charge in [0.25, 0.3) is 5.56 Å². The second-order valence-electron chi connectivity index (χ2n) is 7.10. The fraction of sp³-hybridized carbons (Fsp3) is 0.474. The van der Waals surface area contributed by atoms with Gasteiger partial charge in [0.15, 0.2) is 5.69 Å². The largest absolute Gasteiger partial charge is 0.476 e. The molecule has 1 aliphatic rings. The SMILES string of the molecule is C[C@@H]1[C@H](C)CCC[C@H]1NC(=O)Cn1nc(C(=O)O)c2ccccc2c1=O. The van der Waals surface area contributed by atoms with Crippen LogP contribution in [0, 0.1) is 11.8 Å². The Hall–Kier alpha value is -2.70. The van der Waals surface area contributed by atoms with Crippen LogP contribution < -0.4 is 10.9 Å². The molecule has 1 aliphatic carbocycles. The van der Waals surface area contributed by atoms with E-state index in [0.29, 0.717) is 11.8 Å². The van der Waals surface area contributed by atoms with E-state index in [2.05, 4.69) is 24.3 Å². The summed E-state index contributed by atoms with van der Waals surface area (Å²) >= 11 is 0. The number of benzene rings is 1. The van der Waals surface area contributed by atoms with Crippen LogP contribution in [0.25, 0.3) is 10.8 Å². The number of nitrogens with zero attached hydrogens (tertiary/aromatic N) is 2. The molecular weight excluding hydrogens is 334 g/mol. The van der Waals surface area contributed by atoms with E-state index >= 15 is 0 Å². The molecule has 7 nitrogen and oxygen atoms in total. The van der Waals surface area contributed by atoms with E-state index in [1.807, 2.05) is 0 Å². The molecule has 1 aromatic carbocycles. The van der Waals surface area contributed by atoms with Crippen LogP contribution in [0.2, 0.25) is 0 Å². The third-order valence-corrected chi connectivity index (χ3v) is 5.42. The number of aromatic nitrogens is 2. The van der Waals surface area contributed by atoms with Crippen LogP contribution in [0.1, 0.15) is 43.6 Å². The van der Waals surface area contributed by atoms with Crippen molar-refractivity contribution in [2.24, 2.45) is 11.8 Å². The number of carbonyl (C=O) groups is 2. The molecular formula is C19H23N3O4. The van der Waals surface area contributed by atoms with Crippen LogP contribution in [0.15, 0.2) is 29.1 Å².